The molecule has 0 aliphatic carbocycles. The van der Waals surface area contributed by atoms with Crippen LogP contribution in [0, 0.1) is 5.92 Å². The van der Waals surface area contributed by atoms with E-state index in [0.717, 1.165) is 75.0 Å². The minimum absolute atomic E-state index is 0.0656. The minimum atomic E-state index is -0.548. The maximum Gasteiger partial charge on any atom is 0.316 e. The minimum Gasteiger partial charge on any atom is -0.377 e. The van der Waals surface area contributed by atoms with E-state index in [4.69, 9.17) is 28.9 Å². The number of likely N-dealkylation sites (tertiary alicyclic amines) is 2. The van der Waals surface area contributed by atoms with Crippen LogP contribution in [0.2, 0.25) is 10.0 Å². The van der Waals surface area contributed by atoms with Crippen molar-refractivity contribution >= 4 is 51.6 Å². The highest BCUT2D eigenvalue weighted by atomic mass is 35.5. The number of anilines is 1. The highest BCUT2D eigenvalue weighted by Gasteiger charge is 2.26. The first-order chi connectivity index (χ1) is 18.4. The Morgan fingerprint density at radius 1 is 1.00 bits per heavy atom. The van der Waals surface area contributed by atoms with Gasteiger partial charge in [0.25, 0.3) is 0 Å². The summed E-state index contributed by atoms with van der Waals surface area (Å²) in [6.07, 6.45) is 10.2. The summed E-state index contributed by atoms with van der Waals surface area (Å²) in [5.74, 6) is 1.12. The zero-order chi connectivity index (χ0) is 26.6. The van der Waals surface area contributed by atoms with E-state index in [0.29, 0.717) is 27.4 Å². The van der Waals surface area contributed by atoms with Crippen LogP contribution in [0.3, 0.4) is 0 Å². The SMILES string of the molecule is NC(=O)Nc1ccc2[nH]cc(C3CCN(CC4CCN(/C=C/C(=O)c5ccc(Cl)c(Cl)c5)CC4)CC3)c2c1. The Hall–Kier alpha value is -3.00. The number of benzene rings is 2. The van der Waals surface area contributed by atoms with Crippen LogP contribution in [-0.4, -0.2) is 59.3 Å². The van der Waals surface area contributed by atoms with Gasteiger partial charge in [0, 0.05) is 60.3 Å². The third kappa shape index (κ3) is 6.34. The molecule has 4 N–H and O–H groups in total. The van der Waals surface area contributed by atoms with Crippen LogP contribution in [0.4, 0.5) is 10.5 Å². The number of allylic oxidation sites excluding steroid dienone is 1. The molecule has 0 saturated carbocycles. The van der Waals surface area contributed by atoms with Gasteiger partial charge >= 0.3 is 6.03 Å². The van der Waals surface area contributed by atoms with Crippen molar-refractivity contribution in [2.45, 2.75) is 31.6 Å². The van der Waals surface area contributed by atoms with Crippen LogP contribution in [0.1, 0.15) is 47.5 Å². The van der Waals surface area contributed by atoms with Gasteiger partial charge in [-0.3, -0.25) is 4.79 Å². The second kappa shape index (κ2) is 11.8. The molecule has 2 fully saturated rings. The highest BCUT2D eigenvalue weighted by Crippen LogP contribution is 2.35. The molecule has 1 aromatic heterocycles. The summed E-state index contributed by atoms with van der Waals surface area (Å²) in [4.78, 5) is 31.9. The summed E-state index contributed by atoms with van der Waals surface area (Å²) < 4.78 is 0. The summed E-state index contributed by atoms with van der Waals surface area (Å²) in [5.41, 5.74) is 8.97. The largest absolute Gasteiger partial charge is 0.377 e. The van der Waals surface area contributed by atoms with Crippen molar-refractivity contribution in [3.63, 3.8) is 0 Å². The van der Waals surface area contributed by atoms with E-state index in [2.05, 4.69) is 26.3 Å². The number of H-pyrrole nitrogens is 1. The second-order valence-corrected chi connectivity index (χ2v) is 11.2. The number of rotatable bonds is 7. The molecule has 5 rings (SSSR count). The molecule has 2 amide bonds. The zero-order valence-corrected chi connectivity index (χ0v) is 22.8. The normalized spacial score (nSPS) is 17.9. The number of hydrogen-bond acceptors (Lipinski definition) is 4. The van der Waals surface area contributed by atoms with Gasteiger partial charge in [-0.2, -0.15) is 0 Å². The average molecular weight is 555 g/mol. The summed E-state index contributed by atoms with van der Waals surface area (Å²) >= 11 is 12.0. The lowest BCUT2D eigenvalue weighted by molar-refractivity contribution is 0.104. The summed E-state index contributed by atoms with van der Waals surface area (Å²) in [7, 11) is 0. The maximum atomic E-state index is 12.5. The molecular formula is C29H33Cl2N5O2. The third-order valence-electron chi connectivity index (χ3n) is 7.82. The molecule has 9 heteroatoms. The van der Waals surface area contributed by atoms with Crippen molar-refractivity contribution in [1.82, 2.24) is 14.8 Å². The molecule has 3 aromatic rings. The van der Waals surface area contributed by atoms with Crippen LogP contribution in [-0.2, 0) is 0 Å². The van der Waals surface area contributed by atoms with Crippen molar-refractivity contribution in [2.24, 2.45) is 11.7 Å². The number of nitrogens with two attached hydrogens (primary N) is 1. The number of carbonyl (C=O) groups is 2. The summed E-state index contributed by atoms with van der Waals surface area (Å²) in [5, 5.41) is 4.68. The molecule has 0 unspecified atom stereocenters. The number of aromatic amines is 1. The lowest BCUT2D eigenvalue weighted by Gasteiger charge is -2.37. The van der Waals surface area contributed by atoms with E-state index >= 15 is 0 Å². The molecule has 2 aromatic carbocycles. The quantitative estimate of drug-likeness (QED) is 0.238. The first kappa shape index (κ1) is 26.6. The fourth-order valence-corrected chi connectivity index (χ4v) is 5.99. The maximum absolute atomic E-state index is 12.5. The smallest absolute Gasteiger partial charge is 0.316 e. The van der Waals surface area contributed by atoms with E-state index in [1.807, 2.05) is 24.4 Å². The Balaban J connectivity index is 1.08. The van der Waals surface area contributed by atoms with E-state index in [9.17, 15) is 9.59 Å². The lowest BCUT2D eigenvalue weighted by atomic mass is 9.88. The number of carbonyl (C=O) groups excluding carboxylic acids is 2. The Labute approximate surface area is 232 Å². The number of piperidine rings is 2. The molecule has 2 aliphatic rings. The first-order valence-electron chi connectivity index (χ1n) is 13.2. The van der Waals surface area contributed by atoms with Crippen LogP contribution in [0.5, 0.6) is 0 Å². The van der Waals surface area contributed by atoms with E-state index in [1.54, 1.807) is 24.3 Å². The van der Waals surface area contributed by atoms with Gasteiger partial charge < -0.3 is 25.8 Å². The number of amides is 2. The summed E-state index contributed by atoms with van der Waals surface area (Å²) in [6, 6.07) is 10.3. The van der Waals surface area contributed by atoms with Gasteiger partial charge in [0.2, 0.25) is 0 Å². The van der Waals surface area contributed by atoms with Gasteiger partial charge in [-0.15, -0.1) is 0 Å². The van der Waals surface area contributed by atoms with Crippen LogP contribution in [0.15, 0.2) is 54.9 Å². The monoisotopic (exact) mass is 553 g/mol. The number of ketones is 1. The predicted octanol–water partition coefficient (Wildman–Crippen LogP) is 6.25. The fraction of sp³-hybridized carbons (Fsp3) is 0.379. The van der Waals surface area contributed by atoms with Crippen LogP contribution >= 0.6 is 23.2 Å². The van der Waals surface area contributed by atoms with Gasteiger partial charge in [-0.1, -0.05) is 23.2 Å². The van der Waals surface area contributed by atoms with Crippen molar-refractivity contribution in [3.8, 4) is 0 Å². The molecule has 0 radical (unpaired) electrons. The molecule has 3 heterocycles. The molecule has 0 spiro atoms. The number of urea groups is 1. The van der Waals surface area contributed by atoms with E-state index in [1.165, 1.54) is 5.56 Å². The molecular weight excluding hydrogens is 521 g/mol. The molecule has 0 atom stereocenters. The van der Waals surface area contributed by atoms with Gasteiger partial charge in [-0.25, -0.2) is 4.79 Å². The average Bonchev–Trinajstić information content (AvgIpc) is 3.33. The van der Waals surface area contributed by atoms with E-state index in [-0.39, 0.29) is 5.78 Å². The standard InChI is InChI=1S/C29H33Cl2N5O2/c30-25-3-1-21(15-26(25)31)28(37)9-14-35-10-5-19(6-11-35)18-36-12-7-20(8-13-36)24-17-33-27-4-2-22(16-23(24)27)34-29(32)38/h1-4,9,14-17,19-20,33H,5-8,10-13,18H2,(H3,32,34,38)/b14-9+. The van der Waals surface area contributed by atoms with Crippen molar-refractivity contribution < 1.29 is 9.59 Å². The fourth-order valence-electron chi connectivity index (χ4n) is 5.69. The molecule has 2 saturated heterocycles. The molecule has 38 heavy (non-hydrogen) atoms. The van der Waals surface area contributed by atoms with Crippen molar-refractivity contribution in [1.29, 1.82) is 0 Å². The Morgan fingerprint density at radius 3 is 2.47 bits per heavy atom. The Kier molecular flexibility index (Phi) is 8.27. The van der Waals surface area contributed by atoms with E-state index < -0.39 is 6.03 Å². The number of primary amides is 1. The number of aromatic nitrogens is 1. The molecule has 2 aliphatic heterocycles. The lowest BCUT2D eigenvalue weighted by Crippen LogP contribution is -2.40. The first-order valence-corrected chi connectivity index (χ1v) is 13.9. The zero-order valence-electron chi connectivity index (χ0n) is 21.3. The van der Waals surface area contributed by atoms with Crippen molar-refractivity contribution in [2.75, 3.05) is 38.0 Å². The highest BCUT2D eigenvalue weighted by molar-refractivity contribution is 6.42. The topological polar surface area (TPSA) is 94.5 Å². The third-order valence-corrected chi connectivity index (χ3v) is 8.55. The van der Waals surface area contributed by atoms with Gasteiger partial charge in [-0.05, 0) is 92.6 Å². The summed E-state index contributed by atoms with van der Waals surface area (Å²) in [6.45, 7) is 5.24. The molecule has 7 nitrogen and oxygen atoms in total. The molecule has 200 valence electrons. The van der Waals surface area contributed by atoms with Crippen LogP contribution in [0.25, 0.3) is 10.9 Å². The number of fused-ring (bicyclic) bond motifs is 1. The number of halogens is 2. The number of hydrogen-bond donors (Lipinski definition) is 3. The predicted molar refractivity (Wildman–Crippen MR) is 154 cm³/mol. The molecule has 0 bridgehead atoms. The van der Waals surface area contributed by atoms with Gasteiger partial charge in [0.05, 0.1) is 10.0 Å². The number of nitrogens with zero attached hydrogens (tertiary/aromatic N) is 2. The Morgan fingerprint density at radius 2 is 1.76 bits per heavy atom. The number of nitrogens with one attached hydrogen (secondary N) is 2. The van der Waals surface area contributed by atoms with Crippen LogP contribution < -0.4 is 11.1 Å². The van der Waals surface area contributed by atoms with Gasteiger partial charge in [0.15, 0.2) is 5.78 Å². The second-order valence-electron chi connectivity index (χ2n) is 10.4. The van der Waals surface area contributed by atoms with Gasteiger partial charge in [0.1, 0.15) is 0 Å². The Bertz CT molecular complexity index is 1340. The van der Waals surface area contributed by atoms with Crippen molar-refractivity contribution in [3.05, 3.63) is 76.0 Å².